The Morgan fingerprint density at radius 3 is 2.71 bits per heavy atom. The molecule has 0 atom stereocenters. The highest BCUT2D eigenvalue weighted by molar-refractivity contribution is 6.30. The number of allylic oxidation sites excluding steroid dienone is 2. The van der Waals surface area contributed by atoms with Gasteiger partial charge in [-0.15, -0.1) is 0 Å². The number of aromatic nitrogens is 1. The molecule has 0 radical (unpaired) electrons. The Hall–Kier alpha value is -2.36. The number of hydrogen-bond donors (Lipinski definition) is 0. The number of hydrogen-bond acceptors (Lipinski definition) is 2. The maximum absolute atomic E-state index is 12.7. The molecule has 4 rings (SSSR count). The van der Waals surface area contributed by atoms with Crippen molar-refractivity contribution in [1.29, 1.82) is 0 Å². The van der Waals surface area contributed by atoms with Crippen molar-refractivity contribution in [2.75, 3.05) is 13.1 Å². The molecule has 0 aliphatic carbocycles. The van der Waals surface area contributed by atoms with Crippen LogP contribution < -0.4 is 0 Å². The van der Waals surface area contributed by atoms with Gasteiger partial charge in [0.1, 0.15) is 0 Å². The van der Waals surface area contributed by atoms with E-state index in [0.29, 0.717) is 5.92 Å². The number of halogens is 1. The van der Waals surface area contributed by atoms with Crippen LogP contribution in [0.1, 0.15) is 28.8 Å². The molecule has 144 valence electrons. The van der Waals surface area contributed by atoms with Crippen LogP contribution in [0, 0.1) is 5.92 Å². The van der Waals surface area contributed by atoms with E-state index in [2.05, 4.69) is 17.0 Å². The van der Waals surface area contributed by atoms with Crippen molar-refractivity contribution in [2.45, 2.75) is 19.4 Å². The Kier molecular flexibility index (Phi) is 5.65. The van der Waals surface area contributed by atoms with Gasteiger partial charge in [-0.2, -0.15) is 0 Å². The van der Waals surface area contributed by atoms with E-state index in [1.807, 2.05) is 60.3 Å². The van der Waals surface area contributed by atoms with E-state index in [-0.39, 0.29) is 5.78 Å². The summed E-state index contributed by atoms with van der Waals surface area (Å²) in [6.07, 6.45) is 7.99. The van der Waals surface area contributed by atoms with Crippen molar-refractivity contribution >= 4 is 28.3 Å². The molecule has 1 aromatic heterocycles. The lowest BCUT2D eigenvalue weighted by Crippen LogP contribution is -2.32. The Morgan fingerprint density at radius 2 is 1.93 bits per heavy atom. The monoisotopic (exact) mass is 392 g/mol. The van der Waals surface area contributed by atoms with Crippen molar-refractivity contribution < 1.29 is 4.79 Å². The molecule has 0 N–H and O–H groups in total. The molecular formula is C24H25ClN2O. The summed E-state index contributed by atoms with van der Waals surface area (Å²) in [7, 11) is 1.98. The van der Waals surface area contributed by atoms with Gasteiger partial charge >= 0.3 is 0 Å². The summed E-state index contributed by atoms with van der Waals surface area (Å²) >= 11 is 6.08. The Labute approximate surface area is 171 Å². The van der Waals surface area contributed by atoms with Crippen LogP contribution in [-0.2, 0) is 13.6 Å². The van der Waals surface area contributed by atoms with Gasteiger partial charge in [0.05, 0.1) is 0 Å². The standard InChI is InChI=1S/C24H25ClN2O/c1-26-17-22(21-7-2-3-8-23(21)26)24(28)10-9-18-11-13-27(14-12-18)16-19-5-4-6-20(25)15-19/h2-10,15,17-18H,11-14,16H2,1H3/b10-9+. The molecule has 0 saturated carbocycles. The van der Waals surface area contributed by atoms with Crippen molar-refractivity contribution in [3.8, 4) is 0 Å². The van der Waals surface area contributed by atoms with Gasteiger partial charge in [0, 0.05) is 41.3 Å². The number of aryl methyl sites for hydroxylation is 1. The van der Waals surface area contributed by atoms with Crippen LogP contribution in [-0.4, -0.2) is 28.3 Å². The Balaban J connectivity index is 1.35. The Morgan fingerprint density at radius 1 is 1.14 bits per heavy atom. The summed E-state index contributed by atoms with van der Waals surface area (Å²) in [5.41, 5.74) is 3.13. The third-order valence-electron chi connectivity index (χ3n) is 5.61. The average Bonchev–Trinajstić information content (AvgIpc) is 3.04. The number of rotatable bonds is 5. The number of benzene rings is 2. The first-order chi connectivity index (χ1) is 13.6. The largest absolute Gasteiger partial charge is 0.350 e. The van der Waals surface area contributed by atoms with E-state index in [9.17, 15) is 4.79 Å². The summed E-state index contributed by atoms with van der Waals surface area (Å²) in [4.78, 5) is 15.2. The number of fused-ring (bicyclic) bond motifs is 1. The molecule has 1 fully saturated rings. The second-order valence-corrected chi connectivity index (χ2v) is 8.07. The SMILES string of the molecule is Cn1cc(C(=O)/C=C/C2CCN(Cc3cccc(Cl)c3)CC2)c2ccccc21. The fourth-order valence-electron chi connectivity index (χ4n) is 4.05. The average molecular weight is 393 g/mol. The van der Waals surface area contributed by atoms with Gasteiger partial charge in [0.15, 0.2) is 5.78 Å². The van der Waals surface area contributed by atoms with Gasteiger partial charge in [0.2, 0.25) is 0 Å². The van der Waals surface area contributed by atoms with E-state index < -0.39 is 0 Å². The highest BCUT2D eigenvalue weighted by Crippen LogP contribution is 2.23. The minimum absolute atomic E-state index is 0.0955. The number of piperidine rings is 1. The lowest BCUT2D eigenvalue weighted by Gasteiger charge is -2.30. The summed E-state index contributed by atoms with van der Waals surface area (Å²) in [5.74, 6) is 0.563. The second kappa shape index (κ2) is 8.34. The number of para-hydroxylation sites is 1. The van der Waals surface area contributed by atoms with Crippen LogP contribution >= 0.6 is 11.6 Å². The van der Waals surface area contributed by atoms with Gasteiger partial charge in [0.25, 0.3) is 0 Å². The number of carbonyl (C=O) groups excluding carboxylic acids is 1. The molecule has 0 amide bonds. The highest BCUT2D eigenvalue weighted by Gasteiger charge is 2.18. The lowest BCUT2D eigenvalue weighted by molar-refractivity contribution is 0.104. The number of ketones is 1. The maximum Gasteiger partial charge on any atom is 0.187 e. The van der Waals surface area contributed by atoms with Crippen molar-refractivity contribution in [3.63, 3.8) is 0 Å². The zero-order valence-corrected chi connectivity index (χ0v) is 16.9. The highest BCUT2D eigenvalue weighted by atomic mass is 35.5. The fraction of sp³-hybridized carbons (Fsp3) is 0.292. The predicted octanol–water partition coefficient (Wildman–Crippen LogP) is 5.48. The van der Waals surface area contributed by atoms with Crippen LogP contribution in [0.3, 0.4) is 0 Å². The van der Waals surface area contributed by atoms with Gasteiger partial charge in [-0.05, 0) is 61.7 Å². The van der Waals surface area contributed by atoms with Gasteiger partial charge < -0.3 is 4.57 Å². The molecule has 0 unspecified atom stereocenters. The molecule has 28 heavy (non-hydrogen) atoms. The molecule has 2 aromatic carbocycles. The third-order valence-corrected chi connectivity index (χ3v) is 5.84. The van der Waals surface area contributed by atoms with Crippen LogP contribution in [0.25, 0.3) is 10.9 Å². The zero-order chi connectivity index (χ0) is 19.5. The summed E-state index contributed by atoms with van der Waals surface area (Å²) in [6.45, 7) is 3.03. The summed E-state index contributed by atoms with van der Waals surface area (Å²) < 4.78 is 2.02. The van der Waals surface area contributed by atoms with Crippen LogP contribution in [0.4, 0.5) is 0 Å². The van der Waals surface area contributed by atoms with Gasteiger partial charge in [-0.3, -0.25) is 9.69 Å². The van der Waals surface area contributed by atoms with E-state index in [4.69, 9.17) is 11.6 Å². The Bertz CT molecular complexity index is 1010. The molecule has 1 saturated heterocycles. The molecular weight excluding hydrogens is 368 g/mol. The van der Waals surface area contributed by atoms with E-state index in [1.165, 1.54) is 5.56 Å². The van der Waals surface area contributed by atoms with E-state index in [0.717, 1.165) is 54.0 Å². The molecule has 2 heterocycles. The van der Waals surface area contributed by atoms with Gasteiger partial charge in [-0.1, -0.05) is 48.0 Å². The third kappa shape index (κ3) is 4.21. The fourth-order valence-corrected chi connectivity index (χ4v) is 4.26. The molecule has 4 heteroatoms. The molecule has 0 spiro atoms. The van der Waals surface area contributed by atoms with E-state index >= 15 is 0 Å². The molecule has 0 bridgehead atoms. The van der Waals surface area contributed by atoms with Crippen molar-refractivity contribution in [1.82, 2.24) is 9.47 Å². The van der Waals surface area contributed by atoms with E-state index in [1.54, 1.807) is 6.08 Å². The minimum Gasteiger partial charge on any atom is -0.350 e. The number of carbonyl (C=O) groups is 1. The first-order valence-corrected chi connectivity index (χ1v) is 10.2. The molecule has 1 aliphatic heterocycles. The van der Waals surface area contributed by atoms with Crippen LogP contribution in [0.15, 0.2) is 66.9 Å². The first-order valence-electron chi connectivity index (χ1n) is 9.83. The summed E-state index contributed by atoms with van der Waals surface area (Å²) in [6, 6.07) is 16.1. The molecule has 3 nitrogen and oxygen atoms in total. The first kappa shape index (κ1) is 19.0. The lowest BCUT2D eigenvalue weighted by atomic mass is 9.95. The molecule has 1 aliphatic rings. The minimum atomic E-state index is 0.0955. The quantitative estimate of drug-likeness (QED) is 0.424. The second-order valence-electron chi connectivity index (χ2n) is 7.64. The van der Waals surface area contributed by atoms with Crippen molar-refractivity contribution in [3.05, 3.63) is 83.0 Å². The number of likely N-dealkylation sites (tertiary alicyclic amines) is 1. The smallest absolute Gasteiger partial charge is 0.187 e. The summed E-state index contributed by atoms with van der Waals surface area (Å²) in [5, 5.41) is 1.82. The maximum atomic E-state index is 12.7. The van der Waals surface area contributed by atoms with Gasteiger partial charge in [-0.25, -0.2) is 0 Å². The normalized spacial score (nSPS) is 16.2. The van der Waals surface area contributed by atoms with Crippen LogP contribution in [0.2, 0.25) is 5.02 Å². The molecule has 3 aromatic rings. The van der Waals surface area contributed by atoms with Crippen LogP contribution in [0.5, 0.6) is 0 Å². The number of nitrogens with zero attached hydrogens (tertiary/aromatic N) is 2. The topological polar surface area (TPSA) is 25.2 Å². The predicted molar refractivity (Wildman–Crippen MR) is 116 cm³/mol. The zero-order valence-electron chi connectivity index (χ0n) is 16.1. The van der Waals surface area contributed by atoms with Crippen molar-refractivity contribution in [2.24, 2.45) is 13.0 Å².